The quantitative estimate of drug-likeness (QED) is 0.906. The van der Waals surface area contributed by atoms with E-state index in [-0.39, 0.29) is 25.0 Å². The highest BCUT2D eigenvalue weighted by Gasteiger charge is 2.27. The third kappa shape index (κ3) is 3.80. The van der Waals surface area contributed by atoms with Crippen molar-refractivity contribution >= 4 is 40.7 Å². The fourth-order valence-corrected chi connectivity index (χ4v) is 2.64. The number of rotatable bonds is 4. The Balaban J connectivity index is 1.66. The molecular weight excluding hydrogens is 351 g/mol. The molecule has 5 nitrogen and oxygen atoms in total. The van der Waals surface area contributed by atoms with Gasteiger partial charge in [-0.15, -0.1) is 0 Å². The fraction of sp³-hybridized carbons (Fsp3) is 0.176. The third-order valence-electron chi connectivity index (χ3n) is 3.57. The summed E-state index contributed by atoms with van der Waals surface area (Å²) < 4.78 is 5.35. The first-order chi connectivity index (χ1) is 11.5. The molecule has 1 heterocycles. The van der Waals surface area contributed by atoms with Crippen molar-refractivity contribution < 1.29 is 14.3 Å². The number of benzene rings is 2. The van der Waals surface area contributed by atoms with Crippen LogP contribution in [-0.4, -0.2) is 25.0 Å². The van der Waals surface area contributed by atoms with Gasteiger partial charge in [0.1, 0.15) is 12.3 Å². The zero-order chi connectivity index (χ0) is 17.1. The number of ether oxygens (including phenoxy) is 1. The van der Waals surface area contributed by atoms with E-state index in [0.29, 0.717) is 28.0 Å². The highest BCUT2D eigenvalue weighted by atomic mass is 35.5. The van der Waals surface area contributed by atoms with Gasteiger partial charge in [-0.05, 0) is 35.9 Å². The van der Waals surface area contributed by atoms with Crippen LogP contribution in [0.3, 0.4) is 0 Å². The van der Waals surface area contributed by atoms with Gasteiger partial charge in [0.25, 0.3) is 5.91 Å². The van der Waals surface area contributed by atoms with Gasteiger partial charge in [-0.2, -0.15) is 0 Å². The van der Waals surface area contributed by atoms with Crippen LogP contribution >= 0.6 is 23.2 Å². The maximum Gasteiger partial charge on any atom is 0.265 e. The minimum absolute atomic E-state index is 0.0941. The average Bonchev–Trinajstić information content (AvgIpc) is 2.57. The smallest absolute Gasteiger partial charge is 0.265 e. The number of anilines is 1. The van der Waals surface area contributed by atoms with Crippen molar-refractivity contribution in [1.82, 2.24) is 5.32 Å². The first-order valence-electron chi connectivity index (χ1n) is 7.27. The molecule has 1 aliphatic heterocycles. The molecule has 0 radical (unpaired) electrons. The first kappa shape index (κ1) is 16.6. The van der Waals surface area contributed by atoms with Crippen molar-refractivity contribution in [2.45, 2.75) is 6.54 Å². The van der Waals surface area contributed by atoms with E-state index >= 15 is 0 Å². The van der Waals surface area contributed by atoms with E-state index in [0.717, 1.165) is 5.56 Å². The maximum atomic E-state index is 12.2. The highest BCUT2D eigenvalue weighted by Crippen LogP contribution is 2.34. The number of hydrogen-bond acceptors (Lipinski definition) is 3. The van der Waals surface area contributed by atoms with Crippen LogP contribution < -0.4 is 15.0 Å². The Morgan fingerprint density at radius 1 is 1.12 bits per heavy atom. The van der Waals surface area contributed by atoms with Gasteiger partial charge in [0, 0.05) is 16.6 Å². The van der Waals surface area contributed by atoms with Crippen molar-refractivity contribution in [3.05, 3.63) is 58.1 Å². The predicted molar refractivity (Wildman–Crippen MR) is 92.6 cm³/mol. The molecule has 3 rings (SSSR count). The largest absolute Gasteiger partial charge is 0.482 e. The summed E-state index contributed by atoms with van der Waals surface area (Å²) in [6.07, 6.45) is 0. The number of halogens is 2. The van der Waals surface area contributed by atoms with E-state index in [1.54, 1.807) is 30.3 Å². The van der Waals surface area contributed by atoms with E-state index in [9.17, 15) is 9.59 Å². The topological polar surface area (TPSA) is 58.6 Å². The summed E-state index contributed by atoms with van der Waals surface area (Å²) in [6, 6.07) is 12.1. The van der Waals surface area contributed by atoms with Gasteiger partial charge in [0.2, 0.25) is 5.91 Å². The molecule has 0 spiro atoms. The molecule has 2 aromatic rings. The van der Waals surface area contributed by atoms with Gasteiger partial charge in [0.05, 0.1) is 5.69 Å². The molecule has 1 aliphatic rings. The van der Waals surface area contributed by atoms with Crippen LogP contribution in [-0.2, 0) is 16.1 Å². The van der Waals surface area contributed by atoms with Crippen molar-refractivity contribution in [2.24, 2.45) is 0 Å². The molecule has 1 N–H and O–H groups in total. The van der Waals surface area contributed by atoms with Crippen molar-refractivity contribution in [2.75, 3.05) is 18.1 Å². The second kappa shape index (κ2) is 7.11. The SMILES string of the molecule is O=C(CN1C(=O)COc2ccc(Cl)cc21)NCc1ccc(Cl)cc1. The zero-order valence-corrected chi connectivity index (χ0v) is 14.1. The Morgan fingerprint density at radius 2 is 1.83 bits per heavy atom. The highest BCUT2D eigenvalue weighted by molar-refractivity contribution is 6.31. The lowest BCUT2D eigenvalue weighted by atomic mass is 10.2. The molecule has 0 bridgehead atoms. The number of hydrogen-bond donors (Lipinski definition) is 1. The molecule has 0 saturated heterocycles. The Bertz CT molecular complexity index is 778. The normalized spacial score (nSPS) is 13.2. The van der Waals surface area contributed by atoms with Crippen LogP contribution in [0, 0.1) is 0 Å². The Kier molecular flexibility index (Phi) is 4.92. The van der Waals surface area contributed by atoms with Gasteiger partial charge in [-0.1, -0.05) is 35.3 Å². The van der Waals surface area contributed by atoms with Gasteiger partial charge in [-0.25, -0.2) is 0 Å². The van der Waals surface area contributed by atoms with Crippen molar-refractivity contribution in [3.63, 3.8) is 0 Å². The lowest BCUT2D eigenvalue weighted by molar-refractivity contribution is -0.125. The first-order valence-corrected chi connectivity index (χ1v) is 8.02. The Hall–Kier alpha value is -2.24. The van der Waals surface area contributed by atoms with Gasteiger partial charge < -0.3 is 10.1 Å². The fourth-order valence-electron chi connectivity index (χ4n) is 2.35. The number of fused-ring (bicyclic) bond motifs is 1. The third-order valence-corrected chi connectivity index (χ3v) is 4.06. The molecule has 7 heteroatoms. The monoisotopic (exact) mass is 364 g/mol. The van der Waals surface area contributed by atoms with E-state index in [2.05, 4.69) is 5.32 Å². The van der Waals surface area contributed by atoms with E-state index in [1.165, 1.54) is 4.90 Å². The predicted octanol–water partition coefficient (Wildman–Crippen LogP) is 3.04. The van der Waals surface area contributed by atoms with Crippen molar-refractivity contribution in [1.29, 1.82) is 0 Å². The number of nitrogens with zero attached hydrogens (tertiary/aromatic N) is 1. The molecule has 2 aromatic carbocycles. The van der Waals surface area contributed by atoms with E-state index in [1.807, 2.05) is 12.1 Å². The van der Waals surface area contributed by atoms with Crippen molar-refractivity contribution in [3.8, 4) is 5.75 Å². The summed E-state index contributed by atoms with van der Waals surface area (Å²) in [5.41, 5.74) is 1.42. The molecule has 2 amide bonds. The molecule has 124 valence electrons. The average molecular weight is 365 g/mol. The molecule has 0 aliphatic carbocycles. The summed E-state index contributed by atoms with van der Waals surface area (Å²) >= 11 is 11.8. The number of carbonyl (C=O) groups is 2. The standard InChI is InChI=1S/C17H14Cl2N2O3/c18-12-3-1-11(2-4-12)8-20-16(22)9-21-14-7-13(19)5-6-15(14)24-10-17(21)23/h1-7H,8-10H2,(H,20,22). The van der Waals surface area contributed by atoms with Crippen LogP contribution in [0.25, 0.3) is 0 Å². The summed E-state index contributed by atoms with van der Waals surface area (Å²) in [5.74, 6) is -0.0259. The summed E-state index contributed by atoms with van der Waals surface area (Å²) in [4.78, 5) is 25.6. The molecule has 24 heavy (non-hydrogen) atoms. The molecule has 0 saturated carbocycles. The lowest BCUT2D eigenvalue weighted by Crippen LogP contribution is -2.45. The van der Waals surface area contributed by atoms with Gasteiger partial charge in [0.15, 0.2) is 6.61 Å². The number of amides is 2. The van der Waals surface area contributed by atoms with Gasteiger partial charge >= 0.3 is 0 Å². The summed E-state index contributed by atoms with van der Waals surface area (Å²) in [7, 11) is 0. The number of carbonyl (C=O) groups excluding carboxylic acids is 2. The second-order valence-electron chi connectivity index (χ2n) is 5.28. The summed E-state index contributed by atoms with van der Waals surface area (Å²) in [5, 5.41) is 3.89. The van der Waals surface area contributed by atoms with Crippen LogP contribution in [0.4, 0.5) is 5.69 Å². The van der Waals surface area contributed by atoms with Crippen LogP contribution in [0.15, 0.2) is 42.5 Å². The maximum absolute atomic E-state index is 12.2. The van der Waals surface area contributed by atoms with Crippen LogP contribution in [0.2, 0.25) is 10.0 Å². The van der Waals surface area contributed by atoms with Crippen LogP contribution in [0.5, 0.6) is 5.75 Å². The Morgan fingerprint density at radius 3 is 2.58 bits per heavy atom. The molecular formula is C17H14Cl2N2O3. The summed E-state index contributed by atoms with van der Waals surface area (Å²) in [6.45, 7) is 0.166. The minimum atomic E-state index is -0.286. The van der Waals surface area contributed by atoms with Gasteiger partial charge in [-0.3, -0.25) is 14.5 Å². The lowest BCUT2D eigenvalue weighted by Gasteiger charge is -2.29. The van der Waals surface area contributed by atoms with Crippen LogP contribution in [0.1, 0.15) is 5.56 Å². The second-order valence-corrected chi connectivity index (χ2v) is 6.16. The zero-order valence-electron chi connectivity index (χ0n) is 12.6. The molecule has 0 atom stereocenters. The van der Waals surface area contributed by atoms with E-state index < -0.39 is 0 Å². The van der Waals surface area contributed by atoms with E-state index in [4.69, 9.17) is 27.9 Å². The molecule has 0 unspecified atom stereocenters. The molecule has 0 fully saturated rings. The number of nitrogens with one attached hydrogen (secondary N) is 1. The Labute approximate surface area is 149 Å². The molecule has 0 aromatic heterocycles. The minimum Gasteiger partial charge on any atom is -0.482 e.